The van der Waals surface area contributed by atoms with Crippen LogP contribution in [0.1, 0.15) is 27.6 Å². The molecule has 4 aromatic rings. The number of benzene rings is 3. The molecule has 0 fully saturated rings. The Labute approximate surface area is 224 Å². The molecule has 194 valence electrons. The summed E-state index contributed by atoms with van der Waals surface area (Å²) in [5, 5.41) is 7.76. The Morgan fingerprint density at radius 2 is 1.58 bits per heavy atom. The second-order valence-corrected chi connectivity index (χ2v) is 8.84. The molecule has 1 heterocycles. The average Bonchev–Trinajstić information content (AvgIpc) is 3.36. The highest BCUT2D eigenvalue weighted by Gasteiger charge is 2.23. The van der Waals surface area contributed by atoms with Gasteiger partial charge in [-0.25, -0.2) is 4.79 Å². The number of carbonyl (C=O) groups excluding carboxylic acids is 3. The van der Waals surface area contributed by atoms with E-state index in [1.165, 1.54) is 18.4 Å². The quantitative estimate of drug-likeness (QED) is 0.249. The van der Waals surface area contributed by atoms with Gasteiger partial charge in [-0.15, -0.1) is 11.3 Å². The number of anilines is 2. The maximum Gasteiger partial charge on any atom is 0.341 e. The minimum atomic E-state index is -0.509. The summed E-state index contributed by atoms with van der Waals surface area (Å²) in [5.74, 6) is -0.284. The molecule has 2 N–H and O–H groups in total. The standard InChI is InChI=1S/C29H26N2O6S/c1-3-36-29(34)26-22(19-9-5-4-6-10-19)18-38-28(26)31-25(32)17-37-21-15-13-20(14-16-21)27(33)30-23-11-7-8-12-24(23)35-2/h4-16,18H,3,17H2,1-2H3,(H,30,33)(H,31,32). The van der Waals surface area contributed by atoms with Gasteiger partial charge in [-0.3, -0.25) is 9.59 Å². The highest BCUT2D eigenvalue weighted by atomic mass is 32.1. The number of rotatable bonds is 10. The van der Waals surface area contributed by atoms with Crippen LogP contribution < -0.4 is 20.1 Å². The molecule has 0 spiro atoms. The summed E-state index contributed by atoms with van der Waals surface area (Å²) in [5.41, 5.74) is 2.81. The van der Waals surface area contributed by atoms with E-state index in [0.717, 1.165) is 5.56 Å². The van der Waals surface area contributed by atoms with Crippen LogP contribution >= 0.6 is 11.3 Å². The minimum Gasteiger partial charge on any atom is -0.495 e. The minimum absolute atomic E-state index is 0.215. The average molecular weight is 531 g/mol. The van der Waals surface area contributed by atoms with Gasteiger partial charge in [-0.05, 0) is 48.9 Å². The Morgan fingerprint density at radius 3 is 2.29 bits per heavy atom. The molecule has 0 radical (unpaired) electrons. The largest absolute Gasteiger partial charge is 0.495 e. The number of ether oxygens (including phenoxy) is 3. The van der Waals surface area contributed by atoms with Crippen molar-refractivity contribution in [2.24, 2.45) is 0 Å². The monoisotopic (exact) mass is 530 g/mol. The Hall–Kier alpha value is -4.63. The van der Waals surface area contributed by atoms with Gasteiger partial charge in [0.2, 0.25) is 0 Å². The van der Waals surface area contributed by atoms with Gasteiger partial charge in [0.1, 0.15) is 22.1 Å². The number of esters is 1. The molecule has 38 heavy (non-hydrogen) atoms. The van der Waals surface area contributed by atoms with Crippen LogP contribution in [-0.2, 0) is 9.53 Å². The molecule has 0 saturated heterocycles. The fourth-order valence-corrected chi connectivity index (χ4v) is 4.62. The van der Waals surface area contributed by atoms with E-state index in [0.29, 0.717) is 38.9 Å². The van der Waals surface area contributed by atoms with E-state index < -0.39 is 11.9 Å². The first-order valence-electron chi connectivity index (χ1n) is 11.8. The van der Waals surface area contributed by atoms with Crippen molar-refractivity contribution in [1.82, 2.24) is 0 Å². The summed E-state index contributed by atoms with van der Waals surface area (Å²) in [7, 11) is 1.53. The van der Waals surface area contributed by atoms with E-state index in [-0.39, 0.29) is 19.1 Å². The third-order valence-electron chi connectivity index (χ3n) is 5.45. The smallest absolute Gasteiger partial charge is 0.341 e. The molecule has 0 saturated carbocycles. The van der Waals surface area contributed by atoms with Gasteiger partial charge in [0.25, 0.3) is 11.8 Å². The van der Waals surface area contributed by atoms with Crippen molar-refractivity contribution in [2.45, 2.75) is 6.92 Å². The molecule has 9 heteroatoms. The maximum atomic E-state index is 12.7. The normalized spacial score (nSPS) is 10.4. The third kappa shape index (κ3) is 6.37. The van der Waals surface area contributed by atoms with Gasteiger partial charge >= 0.3 is 5.97 Å². The van der Waals surface area contributed by atoms with Gasteiger partial charge in [-0.2, -0.15) is 0 Å². The molecule has 0 unspecified atom stereocenters. The Kier molecular flexibility index (Phi) is 8.73. The summed E-state index contributed by atoms with van der Waals surface area (Å²) < 4.78 is 16.1. The summed E-state index contributed by atoms with van der Waals surface area (Å²) in [6, 6.07) is 22.9. The van der Waals surface area contributed by atoms with Crippen LogP contribution in [0.4, 0.5) is 10.7 Å². The fourth-order valence-electron chi connectivity index (χ4n) is 3.64. The van der Waals surface area contributed by atoms with Gasteiger partial charge in [0, 0.05) is 16.5 Å². The predicted octanol–water partition coefficient (Wildman–Crippen LogP) is 5.87. The van der Waals surface area contributed by atoms with Gasteiger partial charge in [0.15, 0.2) is 6.61 Å². The molecule has 0 aliphatic rings. The number of amides is 2. The van der Waals surface area contributed by atoms with Crippen LogP contribution in [0.2, 0.25) is 0 Å². The molecule has 0 aliphatic heterocycles. The zero-order chi connectivity index (χ0) is 26.9. The molecule has 0 aliphatic carbocycles. The lowest BCUT2D eigenvalue weighted by Crippen LogP contribution is -2.21. The lowest BCUT2D eigenvalue weighted by molar-refractivity contribution is -0.118. The second-order valence-electron chi connectivity index (χ2n) is 7.96. The number of thiophene rings is 1. The molecule has 4 rings (SSSR count). The number of methoxy groups -OCH3 is 1. The van der Waals surface area contributed by atoms with Crippen LogP contribution in [0.15, 0.2) is 84.2 Å². The van der Waals surface area contributed by atoms with Crippen molar-refractivity contribution in [3.8, 4) is 22.6 Å². The molecule has 3 aromatic carbocycles. The van der Waals surface area contributed by atoms with Crippen molar-refractivity contribution in [3.05, 3.63) is 95.4 Å². The van der Waals surface area contributed by atoms with E-state index in [2.05, 4.69) is 10.6 Å². The highest BCUT2D eigenvalue weighted by molar-refractivity contribution is 7.15. The van der Waals surface area contributed by atoms with E-state index in [1.807, 2.05) is 41.8 Å². The Morgan fingerprint density at radius 1 is 0.868 bits per heavy atom. The third-order valence-corrected chi connectivity index (χ3v) is 6.35. The molecular formula is C29H26N2O6S. The lowest BCUT2D eigenvalue weighted by atomic mass is 10.0. The van der Waals surface area contributed by atoms with Crippen LogP contribution in [0.25, 0.3) is 11.1 Å². The number of para-hydroxylation sites is 2. The van der Waals surface area contributed by atoms with Crippen molar-refractivity contribution in [1.29, 1.82) is 0 Å². The van der Waals surface area contributed by atoms with Crippen molar-refractivity contribution < 1.29 is 28.6 Å². The molecule has 1 aromatic heterocycles. The fraction of sp³-hybridized carbons (Fsp3) is 0.138. The Balaban J connectivity index is 1.38. The molecule has 8 nitrogen and oxygen atoms in total. The van der Waals surface area contributed by atoms with Crippen molar-refractivity contribution in [2.75, 3.05) is 31.0 Å². The Bertz CT molecular complexity index is 1420. The maximum absolute atomic E-state index is 12.7. The second kappa shape index (κ2) is 12.6. The zero-order valence-corrected chi connectivity index (χ0v) is 21.7. The first kappa shape index (κ1) is 26.4. The number of nitrogens with one attached hydrogen (secondary N) is 2. The van der Waals surface area contributed by atoms with Gasteiger partial charge in [0.05, 0.1) is 19.4 Å². The van der Waals surface area contributed by atoms with Gasteiger partial charge < -0.3 is 24.8 Å². The van der Waals surface area contributed by atoms with E-state index in [1.54, 1.807) is 49.4 Å². The summed E-state index contributed by atoms with van der Waals surface area (Å²) in [6.07, 6.45) is 0. The van der Waals surface area contributed by atoms with Crippen molar-refractivity contribution >= 4 is 39.8 Å². The summed E-state index contributed by atoms with van der Waals surface area (Å²) in [6.45, 7) is 1.66. The molecule has 0 atom stereocenters. The van der Waals surface area contributed by atoms with Gasteiger partial charge in [-0.1, -0.05) is 42.5 Å². The van der Waals surface area contributed by atoms with Crippen LogP contribution in [0.3, 0.4) is 0 Å². The first-order valence-corrected chi connectivity index (χ1v) is 12.7. The van der Waals surface area contributed by atoms with E-state index in [9.17, 15) is 14.4 Å². The SMILES string of the molecule is CCOC(=O)c1c(-c2ccccc2)csc1NC(=O)COc1ccc(C(=O)Nc2ccccc2OC)cc1. The number of carbonyl (C=O) groups is 3. The van der Waals surface area contributed by atoms with Crippen LogP contribution in [0.5, 0.6) is 11.5 Å². The topological polar surface area (TPSA) is 103 Å². The molecule has 0 bridgehead atoms. The predicted molar refractivity (Wildman–Crippen MR) is 147 cm³/mol. The summed E-state index contributed by atoms with van der Waals surface area (Å²) >= 11 is 1.24. The summed E-state index contributed by atoms with van der Waals surface area (Å²) in [4.78, 5) is 37.9. The van der Waals surface area contributed by atoms with Crippen LogP contribution in [-0.4, -0.2) is 38.1 Å². The highest BCUT2D eigenvalue weighted by Crippen LogP contribution is 2.36. The molecular weight excluding hydrogens is 504 g/mol. The van der Waals surface area contributed by atoms with E-state index in [4.69, 9.17) is 14.2 Å². The number of hydrogen-bond donors (Lipinski definition) is 2. The van der Waals surface area contributed by atoms with Crippen LogP contribution in [0, 0.1) is 0 Å². The first-order chi connectivity index (χ1) is 18.5. The lowest BCUT2D eigenvalue weighted by Gasteiger charge is -2.11. The number of hydrogen-bond acceptors (Lipinski definition) is 7. The zero-order valence-electron chi connectivity index (χ0n) is 20.9. The molecule has 2 amide bonds. The van der Waals surface area contributed by atoms with E-state index >= 15 is 0 Å². The van der Waals surface area contributed by atoms with Crippen molar-refractivity contribution in [3.63, 3.8) is 0 Å².